The fraction of sp³-hybridized carbons (Fsp3) is 0.250. The average Bonchev–Trinajstić information content (AvgIpc) is 2.20. The van der Waals surface area contributed by atoms with Crippen LogP contribution in [0.4, 0.5) is 5.82 Å². The van der Waals surface area contributed by atoms with Crippen molar-refractivity contribution in [3.63, 3.8) is 0 Å². The van der Waals surface area contributed by atoms with Crippen LogP contribution < -0.4 is 5.56 Å². The summed E-state index contributed by atoms with van der Waals surface area (Å²) < 4.78 is 4.36. The number of hydrogen-bond acceptors (Lipinski definition) is 5. The lowest BCUT2D eigenvalue weighted by molar-refractivity contribution is -0.389. The Bertz CT molecular complexity index is 451. The van der Waals surface area contributed by atoms with Gasteiger partial charge in [0.25, 0.3) is 0 Å². The number of nitrogens with zero attached hydrogens (tertiary/aromatic N) is 1. The van der Waals surface area contributed by atoms with Crippen LogP contribution in [0.25, 0.3) is 0 Å². The third kappa shape index (κ3) is 2.63. The molecule has 0 aliphatic rings. The highest BCUT2D eigenvalue weighted by Gasteiger charge is 2.12. The lowest BCUT2D eigenvalue weighted by atomic mass is 10.2. The summed E-state index contributed by atoms with van der Waals surface area (Å²) in [5.41, 5.74) is -0.526. The molecule has 7 nitrogen and oxygen atoms in total. The number of pyridine rings is 1. The molecular weight excluding hydrogens is 204 g/mol. The molecule has 0 fully saturated rings. The van der Waals surface area contributed by atoms with Crippen molar-refractivity contribution in [1.29, 1.82) is 0 Å². The van der Waals surface area contributed by atoms with Crippen LogP contribution in [0, 0.1) is 10.1 Å². The molecule has 0 aliphatic heterocycles. The van der Waals surface area contributed by atoms with Gasteiger partial charge in [0, 0.05) is 6.07 Å². The van der Waals surface area contributed by atoms with E-state index in [0.717, 1.165) is 6.07 Å². The van der Waals surface area contributed by atoms with Gasteiger partial charge in [-0.15, -0.1) is 0 Å². The molecule has 0 atom stereocenters. The second-order valence-electron chi connectivity index (χ2n) is 2.71. The smallest absolute Gasteiger partial charge is 0.335 e. The number of carbonyl (C=O) groups is 1. The van der Waals surface area contributed by atoms with E-state index in [1.807, 2.05) is 4.98 Å². The van der Waals surface area contributed by atoms with Crippen molar-refractivity contribution in [1.82, 2.24) is 4.98 Å². The minimum atomic E-state index is -0.719. The molecule has 0 amide bonds. The Hall–Kier alpha value is -2.18. The monoisotopic (exact) mass is 212 g/mol. The summed E-state index contributed by atoms with van der Waals surface area (Å²) in [5, 5.41) is 10.3. The first-order valence-corrected chi connectivity index (χ1v) is 3.98. The van der Waals surface area contributed by atoms with Gasteiger partial charge >= 0.3 is 17.3 Å². The molecule has 1 heterocycles. The lowest BCUT2D eigenvalue weighted by Gasteiger charge is -1.98. The summed E-state index contributed by atoms with van der Waals surface area (Å²) in [7, 11) is 1.20. The quantitative estimate of drug-likeness (QED) is 0.431. The van der Waals surface area contributed by atoms with Gasteiger partial charge in [-0.3, -0.25) is 4.79 Å². The SMILES string of the molecule is COC(=O)Cc1ccc([N+](=O)[O-])[nH]c1=O. The summed E-state index contributed by atoms with van der Waals surface area (Å²) in [6, 6.07) is 2.35. The molecule has 7 heteroatoms. The molecule has 0 saturated carbocycles. The maximum atomic E-state index is 11.2. The van der Waals surface area contributed by atoms with Gasteiger partial charge in [-0.05, 0) is 11.0 Å². The summed E-state index contributed by atoms with van der Waals surface area (Å²) in [4.78, 5) is 33.7. The van der Waals surface area contributed by atoms with E-state index in [2.05, 4.69) is 4.74 Å². The highest BCUT2D eigenvalue weighted by molar-refractivity contribution is 5.72. The Morgan fingerprint density at radius 2 is 2.27 bits per heavy atom. The second-order valence-corrected chi connectivity index (χ2v) is 2.71. The lowest BCUT2D eigenvalue weighted by Crippen LogP contribution is -2.17. The van der Waals surface area contributed by atoms with Crippen molar-refractivity contribution in [2.24, 2.45) is 0 Å². The third-order valence-electron chi connectivity index (χ3n) is 1.73. The number of nitro groups is 1. The molecule has 1 rings (SSSR count). The molecule has 0 saturated heterocycles. The Morgan fingerprint density at radius 1 is 1.60 bits per heavy atom. The van der Waals surface area contributed by atoms with Crippen LogP contribution in [0.5, 0.6) is 0 Å². The van der Waals surface area contributed by atoms with E-state index in [0.29, 0.717) is 0 Å². The Morgan fingerprint density at radius 3 is 2.73 bits per heavy atom. The van der Waals surface area contributed by atoms with Crippen molar-refractivity contribution in [3.05, 3.63) is 38.2 Å². The zero-order valence-corrected chi connectivity index (χ0v) is 7.85. The number of rotatable bonds is 3. The van der Waals surface area contributed by atoms with Crippen LogP contribution in [-0.4, -0.2) is 23.0 Å². The van der Waals surface area contributed by atoms with E-state index < -0.39 is 22.3 Å². The molecule has 0 radical (unpaired) electrons. The first-order chi connectivity index (χ1) is 7.04. The molecule has 15 heavy (non-hydrogen) atoms. The highest BCUT2D eigenvalue weighted by atomic mass is 16.6. The number of ether oxygens (including phenoxy) is 1. The fourth-order valence-electron chi connectivity index (χ4n) is 0.967. The minimum Gasteiger partial charge on any atom is -0.469 e. The molecule has 0 aliphatic carbocycles. The summed E-state index contributed by atoms with van der Waals surface area (Å²) in [5.74, 6) is -0.983. The van der Waals surface area contributed by atoms with Crippen molar-refractivity contribution in [2.45, 2.75) is 6.42 Å². The largest absolute Gasteiger partial charge is 0.469 e. The standard InChI is InChI=1S/C8H8N2O5/c1-15-7(11)4-5-2-3-6(10(13)14)9-8(5)12/h2-3H,4H2,1H3,(H,9,12). The number of aromatic nitrogens is 1. The van der Waals surface area contributed by atoms with Crippen molar-refractivity contribution < 1.29 is 14.5 Å². The molecule has 1 aromatic heterocycles. The molecule has 0 spiro atoms. The topological polar surface area (TPSA) is 102 Å². The number of H-pyrrole nitrogens is 1. The summed E-state index contributed by atoms with van der Waals surface area (Å²) in [6.45, 7) is 0. The number of esters is 1. The zero-order chi connectivity index (χ0) is 11.4. The maximum absolute atomic E-state index is 11.2. The molecular formula is C8H8N2O5. The van der Waals surface area contributed by atoms with Crippen molar-refractivity contribution >= 4 is 11.8 Å². The van der Waals surface area contributed by atoms with Crippen LogP contribution >= 0.6 is 0 Å². The van der Waals surface area contributed by atoms with Crippen molar-refractivity contribution in [2.75, 3.05) is 7.11 Å². The molecule has 0 bridgehead atoms. The van der Waals surface area contributed by atoms with Crippen LogP contribution in [0.3, 0.4) is 0 Å². The minimum absolute atomic E-state index is 0.132. The van der Waals surface area contributed by atoms with Gasteiger partial charge in [0.05, 0.1) is 19.1 Å². The number of carbonyl (C=O) groups excluding carboxylic acids is 1. The van der Waals surface area contributed by atoms with E-state index >= 15 is 0 Å². The number of hydrogen-bond donors (Lipinski definition) is 1. The molecule has 0 unspecified atom stereocenters. The number of aromatic amines is 1. The fourth-order valence-corrected chi connectivity index (χ4v) is 0.967. The Labute approximate surface area is 83.8 Å². The van der Waals surface area contributed by atoms with Gasteiger partial charge in [-0.2, -0.15) is 0 Å². The van der Waals surface area contributed by atoms with Gasteiger partial charge in [0.1, 0.15) is 0 Å². The molecule has 1 N–H and O–H groups in total. The van der Waals surface area contributed by atoms with Gasteiger partial charge in [-0.1, -0.05) is 0 Å². The van der Waals surface area contributed by atoms with E-state index in [-0.39, 0.29) is 12.0 Å². The third-order valence-corrected chi connectivity index (χ3v) is 1.73. The van der Waals surface area contributed by atoms with E-state index in [9.17, 15) is 19.7 Å². The Balaban J connectivity index is 2.99. The van der Waals surface area contributed by atoms with E-state index in [4.69, 9.17) is 0 Å². The van der Waals surface area contributed by atoms with Crippen LogP contribution in [0.15, 0.2) is 16.9 Å². The van der Waals surface area contributed by atoms with Crippen LogP contribution in [-0.2, 0) is 16.0 Å². The highest BCUT2D eigenvalue weighted by Crippen LogP contribution is 2.04. The normalized spacial score (nSPS) is 9.67. The maximum Gasteiger partial charge on any atom is 0.335 e. The summed E-state index contributed by atoms with van der Waals surface area (Å²) in [6.07, 6.45) is -0.205. The predicted octanol–water partition coefficient (Wildman–Crippen LogP) is -0.00140. The first kappa shape index (κ1) is 10.9. The predicted molar refractivity (Wildman–Crippen MR) is 49.4 cm³/mol. The van der Waals surface area contributed by atoms with Gasteiger partial charge in [0.15, 0.2) is 0 Å². The first-order valence-electron chi connectivity index (χ1n) is 3.98. The van der Waals surface area contributed by atoms with Crippen LogP contribution in [0.1, 0.15) is 5.56 Å². The summed E-state index contributed by atoms with van der Waals surface area (Å²) >= 11 is 0. The van der Waals surface area contributed by atoms with Gasteiger partial charge in [0.2, 0.25) is 0 Å². The van der Waals surface area contributed by atoms with Crippen molar-refractivity contribution in [3.8, 4) is 0 Å². The molecule has 0 aromatic carbocycles. The number of nitrogens with one attached hydrogen (secondary N) is 1. The van der Waals surface area contributed by atoms with Crippen LogP contribution in [0.2, 0.25) is 0 Å². The molecule has 80 valence electrons. The zero-order valence-electron chi connectivity index (χ0n) is 7.85. The molecule has 1 aromatic rings. The van der Waals surface area contributed by atoms with Gasteiger partial charge < -0.3 is 14.9 Å². The van der Waals surface area contributed by atoms with Gasteiger partial charge in [-0.25, -0.2) is 9.78 Å². The number of methoxy groups -OCH3 is 1. The van der Waals surface area contributed by atoms with E-state index in [1.54, 1.807) is 0 Å². The Kier molecular flexibility index (Phi) is 3.17. The van der Waals surface area contributed by atoms with E-state index in [1.165, 1.54) is 13.2 Å². The average molecular weight is 212 g/mol. The second kappa shape index (κ2) is 4.36.